The van der Waals surface area contributed by atoms with Crippen molar-refractivity contribution in [2.75, 3.05) is 13.7 Å². The van der Waals surface area contributed by atoms with Crippen LogP contribution in [0.4, 0.5) is 0 Å². The van der Waals surface area contributed by atoms with Crippen molar-refractivity contribution < 1.29 is 19.0 Å². The molecule has 1 atom stereocenters. The molecule has 0 aromatic heterocycles. The molecule has 0 bridgehead atoms. The maximum Gasteiger partial charge on any atom is 0.206 e. The average molecular weight is 370 g/mol. The molecule has 0 saturated heterocycles. The zero-order valence-corrected chi connectivity index (χ0v) is 16.7. The van der Waals surface area contributed by atoms with Gasteiger partial charge in [-0.25, -0.2) is 0 Å². The Hall–Kier alpha value is -2.33. The van der Waals surface area contributed by atoms with Crippen molar-refractivity contribution in [2.45, 2.75) is 46.3 Å². The number of rotatable bonds is 10. The topological polar surface area (TPSA) is 44.8 Å². The van der Waals surface area contributed by atoms with E-state index in [2.05, 4.69) is 6.08 Å². The fourth-order valence-electron chi connectivity index (χ4n) is 2.80. The minimum atomic E-state index is -0.620. The van der Waals surface area contributed by atoms with Crippen LogP contribution in [0.15, 0.2) is 60.4 Å². The molecule has 4 heteroatoms. The summed E-state index contributed by atoms with van der Waals surface area (Å²) in [4.78, 5) is 12.7. The van der Waals surface area contributed by atoms with Crippen molar-refractivity contribution >= 4 is 5.78 Å². The number of ketones is 1. The molecule has 1 aliphatic heterocycles. The monoisotopic (exact) mass is 370 g/mol. The highest BCUT2D eigenvalue weighted by Crippen LogP contribution is 2.29. The van der Waals surface area contributed by atoms with Crippen LogP contribution < -0.4 is 4.74 Å². The van der Waals surface area contributed by atoms with E-state index < -0.39 is 5.41 Å². The van der Waals surface area contributed by atoms with Gasteiger partial charge < -0.3 is 14.2 Å². The average Bonchev–Trinajstić information content (AvgIpc) is 3.14. The molecule has 1 aromatic carbocycles. The van der Waals surface area contributed by atoms with Gasteiger partial charge in [0.05, 0.1) is 20.3 Å². The maximum absolute atomic E-state index is 12.7. The van der Waals surface area contributed by atoms with Gasteiger partial charge in [0.25, 0.3) is 0 Å². The van der Waals surface area contributed by atoms with E-state index in [0.717, 1.165) is 24.2 Å². The molecule has 0 spiro atoms. The number of ether oxygens (including phenoxy) is 3. The van der Waals surface area contributed by atoms with Crippen molar-refractivity contribution in [3.05, 3.63) is 66.0 Å². The van der Waals surface area contributed by atoms with Gasteiger partial charge >= 0.3 is 0 Å². The van der Waals surface area contributed by atoms with Crippen LogP contribution in [0.25, 0.3) is 0 Å². The summed E-state index contributed by atoms with van der Waals surface area (Å²) in [5, 5.41) is 0. The molecule has 27 heavy (non-hydrogen) atoms. The highest BCUT2D eigenvalue weighted by Gasteiger charge is 2.32. The van der Waals surface area contributed by atoms with Gasteiger partial charge in [0.15, 0.2) is 5.76 Å². The predicted octanol–water partition coefficient (Wildman–Crippen LogP) is 5.00. The Morgan fingerprint density at radius 2 is 2.00 bits per heavy atom. The first-order chi connectivity index (χ1) is 13.0. The summed E-state index contributed by atoms with van der Waals surface area (Å²) in [5.74, 6) is 1.32. The summed E-state index contributed by atoms with van der Waals surface area (Å²) in [7, 11) is 1.65. The van der Waals surface area contributed by atoms with E-state index in [1.807, 2.05) is 69.3 Å². The van der Waals surface area contributed by atoms with Crippen LogP contribution in [0.5, 0.6) is 5.75 Å². The summed E-state index contributed by atoms with van der Waals surface area (Å²) in [6.07, 6.45) is 11.5. The lowest BCUT2D eigenvalue weighted by atomic mass is 9.86. The molecule has 1 heterocycles. The van der Waals surface area contributed by atoms with E-state index in [-0.39, 0.29) is 11.9 Å². The van der Waals surface area contributed by atoms with Crippen LogP contribution in [0.2, 0.25) is 0 Å². The maximum atomic E-state index is 12.7. The number of Topliss-reactive ketones (excluding diaryl/α,β-unsaturated/α-hetero) is 1. The van der Waals surface area contributed by atoms with Crippen LogP contribution in [0.3, 0.4) is 0 Å². The summed E-state index contributed by atoms with van der Waals surface area (Å²) < 4.78 is 16.6. The zero-order chi connectivity index (χ0) is 19.7. The normalized spacial score (nSPS) is 17.3. The second kappa shape index (κ2) is 10.1. The van der Waals surface area contributed by atoms with E-state index in [1.165, 1.54) is 0 Å². The highest BCUT2D eigenvalue weighted by atomic mass is 16.5. The van der Waals surface area contributed by atoms with Gasteiger partial charge in [-0.2, -0.15) is 0 Å². The molecule has 0 amide bonds. The fraction of sp³-hybridized carbons (Fsp3) is 0.435. The lowest BCUT2D eigenvalue weighted by Gasteiger charge is -2.20. The summed E-state index contributed by atoms with van der Waals surface area (Å²) in [6, 6.07) is 7.78. The van der Waals surface area contributed by atoms with Crippen molar-refractivity contribution in [1.29, 1.82) is 0 Å². The number of carbonyl (C=O) groups is 1. The molecule has 0 aliphatic carbocycles. The van der Waals surface area contributed by atoms with Crippen LogP contribution >= 0.6 is 0 Å². The molecular formula is C23H30O4. The lowest BCUT2D eigenvalue weighted by Crippen LogP contribution is -2.24. The first-order valence-corrected chi connectivity index (χ1v) is 9.37. The molecule has 0 saturated carbocycles. The van der Waals surface area contributed by atoms with Gasteiger partial charge in [-0.15, -0.1) is 0 Å². The van der Waals surface area contributed by atoms with Crippen molar-refractivity contribution in [3.63, 3.8) is 0 Å². The molecule has 1 aliphatic rings. The van der Waals surface area contributed by atoms with E-state index in [1.54, 1.807) is 7.11 Å². The summed E-state index contributed by atoms with van der Waals surface area (Å²) in [5.41, 5.74) is 0.460. The Morgan fingerprint density at radius 1 is 1.26 bits per heavy atom. The number of hydrogen-bond donors (Lipinski definition) is 0. The van der Waals surface area contributed by atoms with Crippen LogP contribution in [-0.4, -0.2) is 25.6 Å². The Morgan fingerprint density at radius 3 is 2.67 bits per heavy atom. The van der Waals surface area contributed by atoms with E-state index in [0.29, 0.717) is 19.0 Å². The summed E-state index contributed by atoms with van der Waals surface area (Å²) in [6.45, 7) is 6.76. The number of hydrogen-bond acceptors (Lipinski definition) is 4. The number of carbonyl (C=O) groups excluding carboxylic acids is 1. The minimum Gasteiger partial charge on any atom is -0.497 e. The largest absolute Gasteiger partial charge is 0.497 e. The van der Waals surface area contributed by atoms with E-state index in [4.69, 9.17) is 14.2 Å². The smallest absolute Gasteiger partial charge is 0.206 e. The Labute approximate surface area is 162 Å². The van der Waals surface area contributed by atoms with Crippen LogP contribution in [-0.2, 0) is 20.9 Å². The van der Waals surface area contributed by atoms with Crippen molar-refractivity contribution in [3.8, 4) is 5.75 Å². The van der Waals surface area contributed by atoms with Crippen LogP contribution in [0.1, 0.15) is 39.2 Å². The van der Waals surface area contributed by atoms with Crippen molar-refractivity contribution in [2.24, 2.45) is 5.41 Å². The second-order valence-electron chi connectivity index (χ2n) is 7.17. The number of methoxy groups -OCH3 is 1. The highest BCUT2D eigenvalue weighted by molar-refractivity contribution is 5.99. The van der Waals surface area contributed by atoms with E-state index >= 15 is 0 Å². The SMILES string of the molecule is C/C=C/C[C@@H]1CC=C(C(=O)C(C)(C)/C=C/COCc2ccc(OC)cc2)O1. The quantitative estimate of drug-likeness (QED) is 0.429. The van der Waals surface area contributed by atoms with Crippen LogP contribution in [0, 0.1) is 5.41 Å². The minimum absolute atomic E-state index is 0.0110. The molecule has 0 N–H and O–H groups in total. The van der Waals surface area contributed by atoms with Crippen molar-refractivity contribution in [1.82, 2.24) is 0 Å². The van der Waals surface area contributed by atoms with E-state index in [9.17, 15) is 4.79 Å². The van der Waals surface area contributed by atoms with Gasteiger partial charge in [0.1, 0.15) is 11.9 Å². The Bertz CT molecular complexity index is 696. The Balaban J connectivity index is 1.78. The second-order valence-corrected chi connectivity index (χ2v) is 7.17. The van der Waals surface area contributed by atoms with Gasteiger partial charge in [-0.3, -0.25) is 4.79 Å². The lowest BCUT2D eigenvalue weighted by molar-refractivity contribution is -0.125. The molecule has 0 fully saturated rings. The molecule has 146 valence electrons. The standard InChI is InChI=1S/C23H30O4/c1-5-6-8-20-13-14-21(27-20)22(24)23(2,3)15-7-16-26-17-18-9-11-19(25-4)12-10-18/h5-7,9-12,14-15,20H,8,13,16-17H2,1-4H3/b6-5+,15-7+/t20-/m1/s1. The molecule has 4 nitrogen and oxygen atoms in total. The van der Waals surface area contributed by atoms with Gasteiger partial charge in [0, 0.05) is 18.3 Å². The molecule has 0 radical (unpaired) electrons. The van der Waals surface area contributed by atoms with Gasteiger partial charge in [-0.05, 0) is 44.5 Å². The third-order valence-corrected chi connectivity index (χ3v) is 4.48. The summed E-state index contributed by atoms with van der Waals surface area (Å²) >= 11 is 0. The number of allylic oxidation sites excluding steroid dienone is 3. The third kappa shape index (κ3) is 6.40. The number of benzene rings is 1. The van der Waals surface area contributed by atoms with Gasteiger partial charge in [0.2, 0.25) is 5.78 Å². The fourth-order valence-corrected chi connectivity index (χ4v) is 2.80. The molecule has 1 aromatic rings. The zero-order valence-electron chi connectivity index (χ0n) is 16.7. The first-order valence-electron chi connectivity index (χ1n) is 9.37. The van der Waals surface area contributed by atoms with Gasteiger partial charge in [-0.1, -0.05) is 36.4 Å². The molecular weight excluding hydrogens is 340 g/mol. The Kier molecular flexibility index (Phi) is 7.86. The molecule has 2 rings (SSSR count). The predicted molar refractivity (Wildman–Crippen MR) is 108 cm³/mol. The molecule has 0 unspecified atom stereocenters. The first kappa shape index (κ1) is 21.0. The third-order valence-electron chi connectivity index (χ3n) is 4.48.